The molecule has 0 spiro atoms. The largest absolute Gasteiger partial charge is 0.494 e. The number of benzene rings is 1. The molecule has 2 aromatic rings. The number of hydrogen-bond donors (Lipinski definition) is 1. The van der Waals surface area contributed by atoms with Gasteiger partial charge in [0.25, 0.3) is 0 Å². The molecule has 1 heterocycles. The number of nitrogens with zero attached hydrogens (tertiary/aromatic N) is 1. The van der Waals surface area contributed by atoms with E-state index >= 15 is 0 Å². The Morgan fingerprint density at radius 2 is 1.90 bits per heavy atom. The second-order valence-corrected chi connectivity index (χ2v) is 7.06. The number of ether oxygens (including phenoxy) is 1. The first kappa shape index (κ1) is 16.0. The van der Waals surface area contributed by atoms with E-state index in [4.69, 9.17) is 9.84 Å². The molecule has 21 heavy (non-hydrogen) atoms. The summed E-state index contributed by atoms with van der Waals surface area (Å²) in [6.07, 6.45) is 1.82. The van der Waals surface area contributed by atoms with Crippen molar-refractivity contribution in [1.29, 1.82) is 0 Å². The Balaban J connectivity index is 1.76. The number of aliphatic hydroxyl groups excluding tert-OH is 1. The van der Waals surface area contributed by atoms with Gasteiger partial charge < -0.3 is 9.84 Å². The van der Waals surface area contributed by atoms with Gasteiger partial charge in [-0.1, -0.05) is 32.9 Å². The van der Waals surface area contributed by atoms with E-state index in [1.807, 2.05) is 17.5 Å². The third-order valence-corrected chi connectivity index (χ3v) is 4.24. The monoisotopic (exact) mass is 305 g/mol. The molecule has 0 aliphatic carbocycles. The van der Waals surface area contributed by atoms with E-state index in [1.54, 1.807) is 11.3 Å². The lowest BCUT2D eigenvalue weighted by Gasteiger charge is -2.19. The van der Waals surface area contributed by atoms with Crippen molar-refractivity contribution in [1.82, 2.24) is 4.98 Å². The molecule has 0 atom stereocenters. The number of aliphatic hydroxyl groups is 1. The smallest absolute Gasteiger partial charge is 0.119 e. The van der Waals surface area contributed by atoms with E-state index in [0.29, 0.717) is 6.61 Å². The Morgan fingerprint density at radius 1 is 1.19 bits per heavy atom. The van der Waals surface area contributed by atoms with Crippen LogP contribution in [0.5, 0.6) is 5.75 Å². The lowest BCUT2D eigenvalue weighted by atomic mass is 9.87. The molecule has 114 valence electrons. The summed E-state index contributed by atoms with van der Waals surface area (Å²) in [5.41, 5.74) is 2.25. The van der Waals surface area contributed by atoms with Crippen LogP contribution in [-0.4, -0.2) is 16.7 Å². The average molecular weight is 305 g/mol. The molecule has 0 aliphatic heterocycles. The molecule has 1 N–H and O–H groups in total. The molecule has 0 bridgehead atoms. The van der Waals surface area contributed by atoms with Crippen LogP contribution in [0, 0.1) is 0 Å². The Kier molecular flexibility index (Phi) is 5.37. The fraction of sp³-hybridized carbons (Fsp3) is 0.471. The van der Waals surface area contributed by atoms with Crippen LogP contribution in [0.1, 0.15) is 43.5 Å². The molecular weight excluding hydrogens is 282 g/mol. The average Bonchev–Trinajstić information content (AvgIpc) is 2.91. The first-order chi connectivity index (χ1) is 9.99. The van der Waals surface area contributed by atoms with Crippen LogP contribution in [0.2, 0.25) is 0 Å². The molecule has 2 rings (SSSR count). The molecule has 0 saturated carbocycles. The van der Waals surface area contributed by atoms with Crippen molar-refractivity contribution in [2.24, 2.45) is 0 Å². The fourth-order valence-corrected chi connectivity index (χ4v) is 2.83. The molecule has 0 fully saturated rings. The van der Waals surface area contributed by atoms with Crippen LogP contribution < -0.4 is 4.74 Å². The minimum atomic E-state index is 0.0210. The van der Waals surface area contributed by atoms with Crippen molar-refractivity contribution in [3.8, 4) is 5.75 Å². The summed E-state index contributed by atoms with van der Waals surface area (Å²) in [4.78, 5) is 4.32. The van der Waals surface area contributed by atoms with E-state index in [-0.39, 0.29) is 12.0 Å². The van der Waals surface area contributed by atoms with Gasteiger partial charge in [-0.2, -0.15) is 0 Å². The summed E-state index contributed by atoms with van der Waals surface area (Å²) in [6.45, 7) is 7.32. The lowest BCUT2D eigenvalue weighted by molar-refractivity contribution is 0.277. The minimum Gasteiger partial charge on any atom is -0.494 e. The third-order valence-electron chi connectivity index (χ3n) is 3.29. The SMILES string of the molecule is CC(C)(C)c1ccc(OCCCc2nc(CO)cs2)cc1. The van der Waals surface area contributed by atoms with Crippen LogP contribution in [0.25, 0.3) is 0 Å². The fourth-order valence-electron chi connectivity index (χ4n) is 2.00. The summed E-state index contributed by atoms with van der Waals surface area (Å²) < 4.78 is 5.76. The molecule has 4 heteroatoms. The van der Waals surface area contributed by atoms with Crippen LogP contribution in [0.15, 0.2) is 29.6 Å². The zero-order chi connectivity index (χ0) is 15.3. The van der Waals surface area contributed by atoms with Crippen molar-refractivity contribution in [3.05, 3.63) is 45.9 Å². The number of aryl methyl sites for hydroxylation is 1. The molecule has 1 aromatic heterocycles. The van der Waals surface area contributed by atoms with Crippen LogP contribution in [-0.2, 0) is 18.4 Å². The number of aromatic nitrogens is 1. The summed E-state index contributed by atoms with van der Waals surface area (Å²) in [7, 11) is 0. The summed E-state index contributed by atoms with van der Waals surface area (Å²) >= 11 is 1.60. The van der Waals surface area contributed by atoms with Gasteiger partial charge in [0, 0.05) is 11.8 Å². The molecule has 1 aromatic carbocycles. The van der Waals surface area contributed by atoms with Crippen LogP contribution in [0.3, 0.4) is 0 Å². The maximum absolute atomic E-state index is 8.97. The number of rotatable bonds is 6. The highest BCUT2D eigenvalue weighted by Gasteiger charge is 2.12. The zero-order valence-corrected chi connectivity index (χ0v) is 13.7. The molecule has 0 saturated heterocycles. The van der Waals surface area contributed by atoms with Gasteiger partial charge >= 0.3 is 0 Å². The molecule has 0 aliphatic rings. The van der Waals surface area contributed by atoms with E-state index in [0.717, 1.165) is 29.3 Å². The Labute approximate surface area is 130 Å². The van der Waals surface area contributed by atoms with E-state index in [9.17, 15) is 0 Å². The lowest BCUT2D eigenvalue weighted by Crippen LogP contribution is -2.10. The molecule has 0 amide bonds. The highest BCUT2D eigenvalue weighted by atomic mass is 32.1. The summed E-state index contributed by atoms with van der Waals surface area (Å²) in [5, 5.41) is 11.9. The molecule has 3 nitrogen and oxygen atoms in total. The maximum Gasteiger partial charge on any atom is 0.119 e. The molecule has 0 radical (unpaired) electrons. The Bertz CT molecular complexity index is 555. The van der Waals surface area contributed by atoms with Crippen molar-refractivity contribution >= 4 is 11.3 Å². The van der Waals surface area contributed by atoms with Gasteiger partial charge in [-0.3, -0.25) is 0 Å². The summed E-state index contributed by atoms with van der Waals surface area (Å²) in [5.74, 6) is 0.915. The number of hydrogen-bond acceptors (Lipinski definition) is 4. The minimum absolute atomic E-state index is 0.0210. The van der Waals surface area contributed by atoms with Gasteiger partial charge in [0.2, 0.25) is 0 Å². The summed E-state index contributed by atoms with van der Waals surface area (Å²) in [6, 6.07) is 8.33. The molecule has 0 unspecified atom stereocenters. The van der Waals surface area contributed by atoms with Crippen molar-refractivity contribution < 1.29 is 9.84 Å². The third kappa shape index (κ3) is 4.83. The van der Waals surface area contributed by atoms with Gasteiger partial charge in [-0.05, 0) is 29.5 Å². The maximum atomic E-state index is 8.97. The van der Waals surface area contributed by atoms with Crippen molar-refractivity contribution in [2.45, 2.75) is 45.6 Å². The quantitative estimate of drug-likeness (QED) is 0.822. The second-order valence-electron chi connectivity index (χ2n) is 6.12. The van der Waals surface area contributed by atoms with Gasteiger partial charge in [-0.15, -0.1) is 11.3 Å². The van der Waals surface area contributed by atoms with Crippen LogP contribution in [0.4, 0.5) is 0 Å². The van der Waals surface area contributed by atoms with Gasteiger partial charge in [0.05, 0.1) is 23.9 Å². The predicted molar refractivity (Wildman–Crippen MR) is 87.0 cm³/mol. The van der Waals surface area contributed by atoms with Gasteiger partial charge in [-0.25, -0.2) is 4.98 Å². The van der Waals surface area contributed by atoms with Crippen molar-refractivity contribution in [3.63, 3.8) is 0 Å². The van der Waals surface area contributed by atoms with Crippen LogP contribution >= 0.6 is 11.3 Å². The standard InChI is InChI=1S/C17H23NO2S/c1-17(2,3)13-6-8-15(9-7-13)20-10-4-5-16-18-14(11-19)12-21-16/h6-9,12,19H,4-5,10-11H2,1-3H3. The zero-order valence-electron chi connectivity index (χ0n) is 12.9. The normalized spacial score (nSPS) is 11.6. The van der Waals surface area contributed by atoms with Crippen molar-refractivity contribution in [2.75, 3.05) is 6.61 Å². The highest BCUT2D eigenvalue weighted by Crippen LogP contribution is 2.24. The predicted octanol–water partition coefficient (Wildman–Crippen LogP) is 3.94. The van der Waals surface area contributed by atoms with Gasteiger partial charge in [0.15, 0.2) is 0 Å². The first-order valence-electron chi connectivity index (χ1n) is 7.26. The first-order valence-corrected chi connectivity index (χ1v) is 8.14. The Morgan fingerprint density at radius 3 is 2.48 bits per heavy atom. The Hall–Kier alpha value is -1.39. The van der Waals surface area contributed by atoms with E-state index in [2.05, 4.69) is 37.9 Å². The topological polar surface area (TPSA) is 42.4 Å². The highest BCUT2D eigenvalue weighted by molar-refractivity contribution is 7.09. The van der Waals surface area contributed by atoms with Gasteiger partial charge in [0.1, 0.15) is 5.75 Å². The second kappa shape index (κ2) is 7.05. The molecular formula is C17H23NO2S. The number of thiazole rings is 1. The van der Waals surface area contributed by atoms with E-state index in [1.165, 1.54) is 5.56 Å². The van der Waals surface area contributed by atoms with E-state index < -0.39 is 0 Å².